The van der Waals surface area contributed by atoms with Gasteiger partial charge in [-0.05, 0) is 55.3 Å². The topological polar surface area (TPSA) is 86.8 Å². The molecule has 0 saturated heterocycles. The fourth-order valence-electron chi connectivity index (χ4n) is 4.66. The number of hydrogen-bond donors (Lipinski definition) is 1. The average molecular weight is 639 g/mol. The van der Waals surface area contributed by atoms with Crippen LogP contribution in [0.25, 0.3) is 0 Å². The summed E-state index contributed by atoms with van der Waals surface area (Å²) in [6, 6.07) is 26.8. The second-order valence-electron chi connectivity index (χ2n) is 10.3. The molecule has 224 valence electrons. The monoisotopic (exact) mass is 637 g/mol. The van der Waals surface area contributed by atoms with Crippen molar-refractivity contribution in [1.82, 2.24) is 10.2 Å². The van der Waals surface area contributed by atoms with Crippen molar-refractivity contribution in [3.05, 3.63) is 129 Å². The molecule has 0 aromatic heterocycles. The highest BCUT2D eigenvalue weighted by Crippen LogP contribution is 2.30. The van der Waals surface area contributed by atoms with E-state index in [1.54, 1.807) is 12.1 Å². The van der Waals surface area contributed by atoms with Gasteiger partial charge in [0.05, 0.1) is 10.6 Å². The summed E-state index contributed by atoms with van der Waals surface area (Å²) < 4.78 is 29.1. The standard InChI is InChI=1S/C33H33Cl2N3O4S/c1-23-9-13-26(14-10-23)21-37(31(33(40)36-3)17-25-7-5-4-6-8-25)32(39)22-38(29-19-27(34)18-28(35)20-29)43(41,42)30-15-11-24(2)12-16-30/h4-16,18-20,31H,17,21-22H2,1-3H3,(H,36,40)/t31-/m1/s1. The number of aryl methyl sites for hydroxylation is 2. The van der Waals surface area contributed by atoms with Gasteiger partial charge in [-0.3, -0.25) is 13.9 Å². The summed E-state index contributed by atoms with van der Waals surface area (Å²) in [6.45, 7) is 3.29. The van der Waals surface area contributed by atoms with Crippen molar-refractivity contribution in [2.45, 2.75) is 37.8 Å². The SMILES string of the molecule is CNC(=O)[C@@H](Cc1ccccc1)N(Cc1ccc(C)cc1)C(=O)CN(c1cc(Cl)cc(Cl)c1)S(=O)(=O)c1ccc(C)cc1. The molecule has 0 aliphatic heterocycles. The van der Waals surface area contributed by atoms with Gasteiger partial charge in [0.25, 0.3) is 10.0 Å². The third kappa shape index (κ3) is 8.16. The van der Waals surface area contributed by atoms with Crippen LogP contribution < -0.4 is 9.62 Å². The van der Waals surface area contributed by atoms with Gasteiger partial charge >= 0.3 is 0 Å². The maximum absolute atomic E-state index is 14.3. The predicted molar refractivity (Wildman–Crippen MR) is 172 cm³/mol. The third-order valence-corrected chi connectivity index (χ3v) is 9.24. The molecule has 0 radical (unpaired) electrons. The van der Waals surface area contributed by atoms with Crippen molar-refractivity contribution in [3.8, 4) is 0 Å². The zero-order chi connectivity index (χ0) is 31.1. The summed E-state index contributed by atoms with van der Waals surface area (Å²) in [4.78, 5) is 29.1. The second kappa shape index (κ2) is 14.1. The largest absolute Gasteiger partial charge is 0.357 e. The molecule has 4 aromatic carbocycles. The zero-order valence-electron chi connectivity index (χ0n) is 24.1. The van der Waals surface area contributed by atoms with E-state index in [0.29, 0.717) is 0 Å². The third-order valence-electron chi connectivity index (χ3n) is 7.01. The molecule has 0 saturated carbocycles. The zero-order valence-corrected chi connectivity index (χ0v) is 26.5. The molecule has 2 amide bonds. The summed E-state index contributed by atoms with van der Waals surface area (Å²) in [5.41, 5.74) is 3.69. The van der Waals surface area contributed by atoms with Crippen LogP contribution in [0.1, 0.15) is 22.3 Å². The fourth-order valence-corrected chi connectivity index (χ4v) is 6.57. The lowest BCUT2D eigenvalue weighted by Crippen LogP contribution is -2.53. The fraction of sp³-hybridized carbons (Fsp3) is 0.212. The maximum Gasteiger partial charge on any atom is 0.264 e. The van der Waals surface area contributed by atoms with E-state index in [4.69, 9.17) is 23.2 Å². The van der Waals surface area contributed by atoms with Crippen LogP contribution in [0.5, 0.6) is 0 Å². The Morgan fingerprint density at radius 2 is 1.35 bits per heavy atom. The molecule has 0 unspecified atom stereocenters. The molecule has 1 N–H and O–H groups in total. The quantitative estimate of drug-likeness (QED) is 0.212. The number of carbonyl (C=O) groups is 2. The number of halogens is 2. The molecular formula is C33H33Cl2N3O4S. The molecule has 4 rings (SSSR count). The molecule has 0 spiro atoms. The van der Waals surface area contributed by atoms with Crippen LogP contribution in [-0.2, 0) is 32.6 Å². The number of anilines is 1. The lowest BCUT2D eigenvalue weighted by molar-refractivity contribution is -0.139. The first-order valence-electron chi connectivity index (χ1n) is 13.6. The van der Waals surface area contributed by atoms with E-state index in [-0.39, 0.29) is 39.5 Å². The van der Waals surface area contributed by atoms with E-state index in [0.717, 1.165) is 26.6 Å². The molecular weight excluding hydrogens is 605 g/mol. The van der Waals surface area contributed by atoms with Gasteiger partial charge < -0.3 is 10.2 Å². The molecule has 1 atom stereocenters. The van der Waals surface area contributed by atoms with Gasteiger partial charge in [-0.15, -0.1) is 0 Å². The summed E-state index contributed by atoms with van der Waals surface area (Å²) >= 11 is 12.6. The molecule has 0 fully saturated rings. The number of sulfonamides is 1. The summed E-state index contributed by atoms with van der Waals surface area (Å²) in [5.74, 6) is -0.944. The lowest BCUT2D eigenvalue weighted by Gasteiger charge is -2.33. The van der Waals surface area contributed by atoms with Crippen molar-refractivity contribution in [2.75, 3.05) is 17.9 Å². The number of benzene rings is 4. The van der Waals surface area contributed by atoms with Gasteiger partial charge in [0.1, 0.15) is 12.6 Å². The van der Waals surface area contributed by atoms with Crippen molar-refractivity contribution >= 4 is 50.7 Å². The number of carbonyl (C=O) groups excluding carboxylic acids is 2. The molecule has 10 heteroatoms. The number of likely N-dealkylation sites (N-methyl/N-ethyl adjacent to an activating group) is 1. The molecule has 0 aliphatic rings. The highest BCUT2D eigenvalue weighted by atomic mass is 35.5. The number of nitrogens with one attached hydrogen (secondary N) is 1. The molecule has 0 aliphatic carbocycles. The van der Waals surface area contributed by atoms with E-state index >= 15 is 0 Å². The van der Waals surface area contributed by atoms with Gasteiger partial charge in [0, 0.05) is 30.1 Å². The van der Waals surface area contributed by atoms with Crippen LogP contribution in [0, 0.1) is 13.8 Å². The normalized spacial score (nSPS) is 11.9. The van der Waals surface area contributed by atoms with Gasteiger partial charge in [-0.25, -0.2) is 8.42 Å². The Labute approximate surface area is 263 Å². The van der Waals surface area contributed by atoms with Crippen molar-refractivity contribution in [1.29, 1.82) is 0 Å². The molecule has 7 nitrogen and oxygen atoms in total. The van der Waals surface area contributed by atoms with Crippen LogP contribution in [0.3, 0.4) is 0 Å². The van der Waals surface area contributed by atoms with E-state index in [9.17, 15) is 18.0 Å². The van der Waals surface area contributed by atoms with E-state index < -0.39 is 28.5 Å². The van der Waals surface area contributed by atoms with Crippen LogP contribution in [0.15, 0.2) is 102 Å². The summed E-state index contributed by atoms with van der Waals surface area (Å²) in [6.07, 6.45) is 0.228. The van der Waals surface area contributed by atoms with Crippen molar-refractivity contribution in [2.24, 2.45) is 0 Å². The molecule has 0 bridgehead atoms. The second-order valence-corrected chi connectivity index (χ2v) is 13.0. The van der Waals surface area contributed by atoms with E-state index in [2.05, 4.69) is 5.32 Å². The molecule has 43 heavy (non-hydrogen) atoms. The Morgan fingerprint density at radius 1 is 0.791 bits per heavy atom. The Bertz CT molecular complexity index is 1660. The van der Waals surface area contributed by atoms with Crippen molar-refractivity contribution < 1.29 is 18.0 Å². The maximum atomic E-state index is 14.3. The average Bonchev–Trinajstić information content (AvgIpc) is 2.98. The highest BCUT2D eigenvalue weighted by molar-refractivity contribution is 7.92. The minimum atomic E-state index is -4.25. The number of hydrogen-bond acceptors (Lipinski definition) is 4. The Balaban J connectivity index is 1.80. The van der Waals surface area contributed by atoms with Crippen LogP contribution >= 0.6 is 23.2 Å². The minimum Gasteiger partial charge on any atom is -0.357 e. The number of amides is 2. The first-order chi connectivity index (χ1) is 20.5. The lowest BCUT2D eigenvalue weighted by atomic mass is 10.0. The van der Waals surface area contributed by atoms with Gasteiger partial charge in [-0.1, -0.05) is 101 Å². The molecule has 4 aromatic rings. The van der Waals surface area contributed by atoms with E-state index in [1.165, 1.54) is 42.3 Å². The summed E-state index contributed by atoms with van der Waals surface area (Å²) in [7, 11) is -2.74. The number of rotatable bonds is 11. The van der Waals surface area contributed by atoms with Crippen LogP contribution in [0.2, 0.25) is 10.0 Å². The van der Waals surface area contributed by atoms with E-state index in [1.807, 2.05) is 68.4 Å². The predicted octanol–water partition coefficient (Wildman–Crippen LogP) is 6.19. The highest BCUT2D eigenvalue weighted by Gasteiger charge is 2.34. The van der Waals surface area contributed by atoms with Crippen molar-refractivity contribution in [3.63, 3.8) is 0 Å². The van der Waals surface area contributed by atoms with Gasteiger partial charge in [0.15, 0.2) is 0 Å². The Morgan fingerprint density at radius 3 is 1.91 bits per heavy atom. The van der Waals surface area contributed by atoms with Gasteiger partial charge in [-0.2, -0.15) is 0 Å². The molecule has 0 heterocycles. The van der Waals surface area contributed by atoms with Crippen LogP contribution in [0.4, 0.5) is 5.69 Å². The smallest absolute Gasteiger partial charge is 0.264 e. The summed E-state index contributed by atoms with van der Waals surface area (Å²) in [5, 5.41) is 3.10. The number of nitrogens with zero attached hydrogens (tertiary/aromatic N) is 2. The first kappa shape index (κ1) is 32.1. The Kier molecular flexibility index (Phi) is 10.5. The minimum absolute atomic E-state index is 0.000723. The van der Waals surface area contributed by atoms with Gasteiger partial charge in [0.2, 0.25) is 11.8 Å². The first-order valence-corrected chi connectivity index (χ1v) is 15.8. The Hall–Kier alpha value is -3.85. The van der Waals surface area contributed by atoms with Crippen LogP contribution in [-0.4, -0.2) is 44.8 Å².